The molecule has 0 spiro atoms. The van der Waals surface area contributed by atoms with E-state index in [-0.39, 0.29) is 5.84 Å². The molecule has 0 bridgehead atoms. The zero-order chi connectivity index (χ0) is 25.9. The molecule has 3 N–H and O–H groups in total. The molecule has 2 aromatic carbocycles. The first-order valence-electron chi connectivity index (χ1n) is 12.1. The second-order valence-electron chi connectivity index (χ2n) is 8.26. The smallest absolute Gasteiger partial charge is 0.170 e. The number of hydrogen-bond acceptors (Lipinski definition) is 7. The quantitative estimate of drug-likeness (QED) is 0.0513. The first kappa shape index (κ1) is 26.4. The number of hydrogen-bond donors (Lipinski definition) is 2. The number of rotatable bonds is 13. The van der Waals surface area contributed by atoms with Gasteiger partial charge < -0.3 is 20.4 Å². The van der Waals surface area contributed by atoms with Crippen molar-refractivity contribution in [1.82, 2.24) is 9.97 Å². The molecule has 0 aliphatic rings. The average Bonchev–Trinajstić information content (AvgIpc) is 3.37. The van der Waals surface area contributed by atoms with E-state index in [1.807, 2.05) is 54.7 Å². The highest BCUT2D eigenvalue weighted by atomic mass is 35.5. The van der Waals surface area contributed by atoms with Crippen LogP contribution < -0.4 is 15.2 Å². The Morgan fingerprint density at radius 2 is 1.59 bits per heavy atom. The van der Waals surface area contributed by atoms with Crippen molar-refractivity contribution < 1.29 is 14.7 Å². The molecule has 0 radical (unpaired) electrons. The van der Waals surface area contributed by atoms with Gasteiger partial charge in [-0.15, -0.1) is 22.9 Å². The van der Waals surface area contributed by atoms with E-state index in [0.29, 0.717) is 24.7 Å². The molecule has 0 saturated heterocycles. The van der Waals surface area contributed by atoms with Crippen LogP contribution in [0.4, 0.5) is 0 Å². The second kappa shape index (κ2) is 13.6. The van der Waals surface area contributed by atoms with Crippen LogP contribution in [0.2, 0.25) is 0 Å². The number of amidine groups is 1. The van der Waals surface area contributed by atoms with Crippen molar-refractivity contribution in [2.45, 2.75) is 25.7 Å². The molecule has 0 fully saturated rings. The van der Waals surface area contributed by atoms with Crippen LogP contribution in [0.3, 0.4) is 0 Å². The fourth-order valence-electron chi connectivity index (χ4n) is 3.69. The van der Waals surface area contributed by atoms with Crippen molar-refractivity contribution in [3.8, 4) is 33.3 Å². The maximum atomic E-state index is 8.71. The molecule has 0 aliphatic heterocycles. The van der Waals surface area contributed by atoms with Crippen LogP contribution in [-0.4, -0.2) is 40.1 Å². The van der Waals surface area contributed by atoms with Crippen molar-refractivity contribution >= 4 is 28.8 Å². The molecular weight excluding hydrogens is 508 g/mol. The number of alkyl halides is 1. The highest BCUT2D eigenvalue weighted by Gasteiger charge is 2.14. The predicted molar refractivity (Wildman–Crippen MR) is 149 cm³/mol. The molecule has 0 unspecified atom stereocenters. The number of aryl methyl sites for hydroxylation is 1. The Balaban J connectivity index is 1.21. The molecule has 2 heterocycles. The van der Waals surface area contributed by atoms with Crippen molar-refractivity contribution in [3.63, 3.8) is 0 Å². The first-order valence-corrected chi connectivity index (χ1v) is 13.4. The summed E-state index contributed by atoms with van der Waals surface area (Å²) in [5, 5.41) is 12.6. The summed E-state index contributed by atoms with van der Waals surface area (Å²) in [6, 6.07) is 19.2. The van der Waals surface area contributed by atoms with Gasteiger partial charge in [-0.25, -0.2) is 4.98 Å². The van der Waals surface area contributed by atoms with Crippen LogP contribution in [0.5, 0.6) is 11.5 Å². The second-order valence-corrected chi connectivity index (χ2v) is 9.72. The minimum atomic E-state index is 0.0790. The summed E-state index contributed by atoms with van der Waals surface area (Å²) in [6.45, 7) is 1.27. The summed E-state index contributed by atoms with van der Waals surface area (Å²) < 4.78 is 11.7. The predicted octanol–water partition coefficient (Wildman–Crippen LogP) is 6.38. The van der Waals surface area contributed by atoms with Crippen LogP contribution in [0.25, 0.3) is 21.8 Å². The number of oxime groups is 1. The van der Waals surface area contributed by atoms with Crippen LogP contribution in [-0.2, 0) is 6.42 Å². The maximum absolute atomic E-state index is 8.71. The number of unbranched alkanes of at least 4 members (excludes halogenated alkanes) is 2. The number of halogens is 1. The van der Waals surface area contributed by atoms with E-state index in [1.54, 1.807) is 29.7 Å². The van der Waals surface area contributed by atoms with Gasteiger partial charge in [0.1, 0.15) is 16.5 Å². The lowest BCUT2D eigenvalue weighted by molar-refractivity contribution is 0.279. The lowest BCUT2D eigenvalue weighted by atomic mass is 10.1. The zero-order valence-corrected chi connectivity index (χ0v) is 21.9. The zero-order valence-electron chi connectivity index (χ0n) is 20.3. The van der Waals surface area contributed by atoms with Gasteiger partial charge in [0, 0.05) is 39.8 Å². The minimum Gasteiger partial charge on any atom is -0.494 e. The lowest BCUT2D eigenvalue weighted by Crippen LogP contribution is -2.12. The number of nitrogens with two attached hydrogens (primary N) is 1. The van der Waals surface area contributed by atoms with Crippen LogP contribution in [0.1, 0.15) is 29.7 Å². The molecule has 37 heavy (non-hydrogen) atoms. The van der Waals surface area contributed by atoms with Gasteiger partial charge in [0.25, 0.3) is 0 Å². The molecule has 0 amide bonds. The van der Waals surface area contributed by atoms with Gasteiger partial charge in [-0.1, -0.05) is 5.16 Å². The maximum Gasteiger partial charge on any atom is 0.170 e. The topological polar surface area (TPSA) is 103 Å². The van der Waals surface area contributed by atoms with Crippen LogP contribution >= 0.6 is 22.9 Å². The van der Waals surface area contributed by atoms with E-state index in [1.165, 1.54) is 4.88 Å². The molecular formula is C28H29ClN4O3S. The van der Waals surface area contributed by atoms with Gasteiger partial charge in [0.2, 0.25) is 0 Å². The van der Waals surface area contributed by atoms with Crippen molar-refractivity contribution in [2.24, 2.45) is 10.9 Å². The minimum absolute atomic E-state index is 0.0790. The average molecular weight is 537 g/mol. The Morgan fingerprint density at radius 1 is 0.919 bits per heavy atom. The van der Waals surface area contributed by atoms with E-state index in [2.05, 4.69) is 10.1 Å². The number of nitrogens with zero attached hydrogens (tertiary/aromatic N) is 3. The highest BCUT2D eigenvalue weighted by molar-refractivity contribution is 7.15. The summed E-state index contributed by atoms with van der Waals surface area (Å²) in [5.74, 6) is 2.23. The first-order chi connectivity index (χ1) is 18.2. The van der Waals surface area contributed by atoms with E-state index < -0.39 is 0 Å². The highest BCUT2D eigenvalue weighted by Crippen LogP contribution is 2.34. The lowest BCUT2D eigenvalue weighted by Gasteiger charge is -2.09. The number of aromatic nitrogens is 2. The monoisotopic (exact) mass is 536 g/mol. The normalized spacial score (nSPS) is 11.4. The van der Waals surface area contributed by atoms with E-state index >= 15 is 0 Å². The molecule has 4 aromatic rings. The third-order valence-electron chi connectivity index (χ3n) is 5.64. The molecule has 7 nitrogen and oxygen atoms in total. The van der Waals surface area contributed by atoms with Gasteiger partial charge in [-0.05, 0) is 86.3 Å². The number of ether oxygens (including phenoxy) is 2. The Kier molecular flexibility index (Phi) is 9.74. The van der Waals surface area contributed by atoms with Gasteiger partial charge in [0.15, 0.2) is 5.84 Å². The van der Waals surface area contributed by atoms with Crippen molar-refractivity contribution in [2.75, 3.05) is 19.1 Å². The van der Waals surface area contributed by atoms with E-state index in [9.17, 15) is 0 Å². The molecule has 0 aliphatic carbocycles. The Bertz CT molecular complexity index is 1280. The summed E-state index contributed by atoms with van der Waals surface area (Å²) in [7, 11) is 0. The number of pyridine rings is 1. The van der Waals surface area contributed by atoms with Gasteiger partial charge >= 0.3 is 0 Å². The van der Waals surface area contributed by atoms with Gasteiger partial charge in [-0.2, -0.15) is 0 Å². The van der Waals surface area contributed by atoms with E-state index in [4.69, 9.17) is 37.0 Å². The fourth-order valence-corrected chi connectivity index (χ4v) is 5.07. The Labute approximate surface area is 225 Å². The SMILES string of the molecule is N/C(=N\O)c1ccc(OCCCCCOc2ccc(-c3nc(-c4cccnc4)sc3CCCl)cc2)cc1. The molecule has 192 valence electrons. The Hall–Kier alpha value is -3.62. The third-order valence-corrected chi connectivity index (χ3v) is 6.99. The number of benzene rings is 2. The van der Waals surface area contributed by atoms with Crippen LogP contribution in [0, 0.1) is 0 Å². The number of thiazole rings is 1. The summed E-state index contributed by atoms with van der Waals surface area (Å²) in [4.78, 5) is 10.3. The standard InChI is InChI=1S/C28H29ClN4O3S/c29-15-14-25-26(32-28(37-25)22-5-4-16-31-19-22)20-6-10-23(11-7-20)35-17-2-1-3-18-36-24-12-8-21(9-13-24)27(30)33-34/h4-13,16,19,34H,1-3,14-15,17-18H2,(H2,30,33). The summed E-state index contributed by atoms with van der Waals surface area (Å²) in [5.41, 5.74) is 9.24. The van der Waals surface area contributed by atoms with Gasteiger partial charge in [0.05, 0.1) is 18.9 Å². The molecule has 0 atom stereocenters. The van der Waals surface area contributed by atoms with Crippen molar-refractivity contribution in [1.29, 1.82) is 0 Å². The molecule has 4 rings (SSSR count). The summed E-state index contributed by atoms with van der Waals surface area (Å²) >= 11 is 7.72. The largest absolute Gasteiger partial charge is 0.494 e. The van der Waals surface area contributed by atoms with Gasteiger partial charge in [-0.3, -0.25) is 4.98 Å². The molecule has 2 aromatic heterocycles. The fraction of sp³-hybridized carbons (Fsp3) is 0.250. The van der Waals surface area contributed by atoms with E-state index in [0.717, 1.165) is 59.0 Å². The third kappa shape index (κ3) is 7.44. The Morgan fingerprint density at radius 3 is 2.19 bits per heavy atom. The van der Waals surface area contributed by atoms with Crippen LogP contribution in [0.15, 0.2) is 78.2 Å². The van der Waals surface area contributed by atoms with Crippen molar-refractivity contribution in [3.05, 3.63) is 83.5 Å². The molecule has 9 heteroatoms. The summed E-state index contributed by atoms with van der Waals surface area (Å²) in [6.07, 6.45) is 7.23. The molecule has 0 saturated carbocycles.